The van der Waals surface area contributed by atoms with Gasteiger partial charge >= 0.3 is 5.97 Å². The summed E-state index contributed by atoms with van der Waals surface area (Å²) in [6.45, 7) is 19.7. The summed E-state index contributed by atoms with van der Waals surface area (Å²) in [4.78, 5) is 80.7. The van der Waals surface area contributed by atoms with E-state index in [1.54, 1.807) is 12.4 Å². The minimum Gasteiger partial charge on any atom is -0.477 e. The van der Waals surface area contributed by atoms with E-state index in [1.807, 2.05) is 36.4 Å². The number of nitrogens with one attached hydrogen (secondary N) is 3. The average Bonchev–Trinajstić information content (AvgIpc) is 4.12. The summed E-state index contributed by atoms with van der Waals surface area (Å²) in [6, 6.07) is 15.4. The quantitative estimate of drug-likeness (QED) is 0.0544. The third-order valence-electron chi connectivity index (χ3n) is 11.3. The molecule has 2 aromatic carbocycles. The van der Waals surface area contributed by atoms with Crippen molar-refractivity contribution in [3.05, 3.63) is 156 Å². The van der Waals surface area contributed by atoms with Crippen LogP contribution < -0.4 is 16.0 Å². The molecule has 6 aromatic rings. The second-order valence-electron chi connectivity index (χ2n) is 18.7. The molecule has 2 amide bonds. The Kier molecular flexibility index (Phi) is 21.3. The van der Waals surface area contributed by atoms with Gasteiger partial charge in [0.15, 0.2) is 6.29 Å². The Morgan fingerprint density at radius 3 is 1.59 bits per heavy atom. The highest BCUT2D eigenvalue weighted by Gasteiger charge is 2.36. The second kappa shape index (κ2) is 27.3. The molecule has 0 radical (unpaired) electrons. The first-order valence-electron chi connectivity index (χ1n) is 23.1. The van der Waals surface area contributed by atoms with Crippen molar-refractivity contribution in [3.8, 4) is 0 Å². The monoisotopic (exact) mass is 939 g/mol. The van der Waals surface area contributed by atoms with Gasteiger partial charge in [0.1, 0.15) is 30.1 Å². The van der Waals surface area contributed by atoms with Crippen LogP contribution in [0, 0.1) is 6.57 Å². The number of nitrogen functional groups attached to an aromatic ring is 1. The van der Waals surface area contributed by atoms with Crippen molar-refractivity contribution < 1.29 is 24.3 Å². The lowest BCUT2D eigenvalue weighted by molar-refractivity contribution is -0.123. The predicted molar refractivity (Wildman–Crippen MR) is 266 cm³/mol. The van der Waals surface area contributed by atoms with Crippen LogP contribution in [0.4, 0.5) is 11.4 Å². The zero-order chi connectivity index (χ0) is 50.2. The van der Waals surface area contributed by atoms with Crippen molar-refractivity contribution in [1.82, 2.24) is 45.2 Å². The van der Waals surface area contributed by atoms with Gasteiger partial charge in [-0.2, -0.15) is 0 Å². The number of aromatic amines is 2. The Hall–Kier alpha value is -7.61. The van der Waals surface area contributed by atoms with Crippen LogP contribution in [0.1, 0.15) is 160 Å². The summed E-state index contributed by atoms with van der Waals surface area (Å²) in [5.41, 5.74) is 11.1. The minimum atomic E-state index is -0.984. The highest BCUT2D eigenvalue weighted by molar-refractivity contribution is 6.09. The molecule has 17 heteroatoms. The number of amides is 2. The molecule has 1 unspecified atom stereocenters. The molecule has 17 nitrogen and oxygen atoms in total. The number of aromatic carboxylic acids is 1. The third kappa shape index (κ3) is 18.2. The summed E-state index contributed by atoms with van der Waals surface area (Å²) in [7, 11) is 0. The first-order chi connectivity index (χ1) is 33.0. The van der Waals surface area contributed by atoms with E-state index in [0.29, 0.717) is 34.8 Å². The number of nitrogens with two attached hydrogens (primary N) is 1. The molecule has 0 bridgehead atoms. The van der Waals surface area contributed by atoms with Gasteiger partial charge in [-0.15, -0.1) is 0 Å². The molecule has 0 spiro atoms. The lowest BCUT2D eigenvalue weighted by Crippen LogP contribution is -2.47. The van der Waals surface area contributed by atoms with Gasteiger partial charge in [-0.3, -0.25) is 19.3 Å². The van der Waals surface area contributed by atoms with E-state index < -0.39 is 12.0 Å². The number of benzene rings is 2. The molecular formula is C52H66N12O5. The van der Waals surface area contributed by atoms with E-state index in [-0.39, 0.29) is 34.4 Å². The fourth-order valence-corrected chi connectivity index (χ4v) is 7.34. The van der Waals surface area contributed by atoms with Crippen molar-refractivity contribution in [2.24, 2.45) is 0 Å². The van der Waals surface area contributed by atoms with Gasteiger partial charge in [0.2, 0.25) is 11.9 Å². The van der Waals surface area contributed by atoms with Gasteiger partial charge in [0.25, 0.3) is 5.91 Å². The van der Waals surface area contributed by atoms with Crippen LogP contribution in [0.25, 0.3) is 4.85 Å². The van der Waals surface area contributed by atoms with Crippen LogP contribution in [-0.4, -0.2) is 81.1 Å². The first-order valence-corrected chi connectivity index (χ1v) is 23.1. The number of aromatic nitrogens is 8. The fourth-order valence-electron chi connectivity index (χ4n) is 7.34. The fraction of sp³-hybridized carbons (Fsp3) is 0.404. The molecule has 0 saturated heterocycles. The van der Waals surface area contributed by atoms with Crippen LogP contribution in [0.2, 0.25) is 0 Å². The third-order valence-corrected chi connectivity index (χ3v) is 11.3. The van der Waals surface area contributed by atoms with Gasteiger partial charge in [0, 0.05) is 60.6 Å². The number of anilines is 2. The largest absolute Gasteiger partial charge is 0.477 e. The summed E-state index contributed by atoms with van der Waals surface area (Å²) < 4.78 is 0. The predicted octanol–water partition coefficient (Wildman–Crippen LogP) is 9.54. The van der Waals surface area contributed by atoms with E-state index in [9.17, 15) is 19.2 Å². The maximum atomic E-state index is 13.7. The van der Waals surface area contributed by atoms with E-state index in [0.717, 1.165) is 49.8 Å². The maximum absolute atomic E-state index is 13.7. The van der Waals surface area contributed by atoms with Crippen molar-refractivity contribution >= 4 is 35.4 Å². The van der Waals surface area contributed by atoms with E-state index in [1.165, 1.54) is 86.2 Å². The Morgan fingerprint density at radius 1 is 0.710 bits per heavy atom. The van der Waals surface area contributed by atoms with Gasteiger partial charge < -0.3 is 31.0 Å². The highest BCUT2D eigenvalue weighted by Crippen LogP contribution is 2.32. The number of imidazole rings is 2. The second-order valence-corrected chi connectivity index (χ2v) is 18.7. The van der Waals surface area contributed by atoms with E-state index in [2.05, 4.69) is 104 Å². The first kappa shape index (κ1) is 54.0. The molecule has 4 heterocycles. The topological polar surface area (TPSA) is 243 Å². The zero-order valence-corrected chi connectivity index (χ0v) is 40.5. The highest BCUT2D eigenvalue weighted by atomic mass is 16.4. The number of hydrogen-bond donors (Lipinski definition) is 5. The Bertz CT molecular complexity index is 2450. The van der Waals surface area contributed by atoms with Crippen LogP contribution in [0.15, 0.2) is 111 Å². The summed E-state index contributed by atoms with van der Waals surface area (Å²) in [5, 5.41) is 11.4. The number of H-pyrrole nitrogens is 2. The molecule has 8 rings (SSSR count). The average molecular weight is 939 g/mol. The van der Waals surface area contributed by atoms with Crippen molar-refractivity contribution in [1.29, 1.82) is 0 Å². The molecule has 2 fully saturated rings. The van der Waals surface area contributed by atoms with Crippen LogP contribution in [0.3, 0.4) is 0 Å². The molecule has 4 aromatic heterocycles. The minimum absolute atomic E-state index is 0.0399. The normalized spacial score (nSPS) is 14.1. The number of hydrogen-bond acceptors (Lipinski definition) is 11. The summed E-state index contributed by atoms with van der Waals surface area (Å²) in [6.07, 6.45) is 26.6. The summed E-state index contributed by atoms with van der Waals surface area (Å²) in [5.74, 6) is -1.58. The van der Waals surface area contributed by atoms with Crippen LogP contribution in [-0.2, 0) is 15.6 Å². The molecule has 0 aliphatic heterocycles. The number of carbonyl (C=O) groups excluding carboxylic acids is 3. The number of carboxylic acids is 1. The molecule has 2 saturated carbocycles. The molecule has 1 atom stereocenters. The van der Waals surface area contributed by atoms with E-state index in [4.69, 9.17) is 17.4 Å². The molecule has 69 heavy (non-hydrogen) atoms. The number of aldehydes is 1. The molecule has 364 valence electrons. The molecule has 2 aliphatic rings. The van der Waals surface area contributed by atoms with Crippen LogP contribution >= 0.6 is 0 Å². The van der Waals surface area contributed by atoms with Crippen molar-refractivity contribution in [2.45, 2.75) is 135 Å². The Morgan fingerprint density at radius 2 is 1.19 bits per heavy atom. The zero-order valence-electron chi connectivity index (χ0n) is 40.5. The lowest BCUT2D eigenvalue weighted by Gasteiger charge is -2.33. The smallest absolute Gasteiger partial charge is 0.353 e. The van der Waals surface area contributed by atoms with E-state index >= 15 is 0 Å². The van der Waals surface area contributed by atoms with Gasteiger partial charge in [-0.25, -0.2) is 41.3 Å². The SMILES string of the molecule is CC(C)(C)c1ccc(N(C(=O)c2cnc[nH]2)C(C(=O)NC2CCCCC2)c2cncnc2)cc1.CC(C)(C)c1ccc(N)cc1.O=C(O)c1cnc[nH]1.O=Cc1cncnc1.[C-]#[N+]C1CCCCC1. The standard InChI is InChI=1S/C26H32N6O2.C10H15N.C7H11N.C5H4N2O.C4H4N2O2/c1-26(2,3)19-9-11-21(12-10-19)32(25(34)22-15-29-17-30-22)23(18-13-27-16-28-14-18)24(33)31-20-7-5-4-6-8-20;1-10(2,3)8-4-6-9(11)7-5-8;1-8-7-5-3-2-4-6-7;8-3-5-1-6-4-7-2-5;7-4(8)3-1-5-2-6-3/h9-17,20,23H,4-8H2,1-3H3,(H,29,30)(H,31,33);4-7H,11H2,1-3H3;7H,2-6H2;1-4H;1-2H,(H,5,6)(H,7,8). The van der Waals surface area contributed by atoms with Crippen LogP contribution in [0.5, 0.6) is 0 Å². The Labute approximate surface area is 405 Å². The molecule has 6 N–H and O–H groups in total. The van der Waals surface area contributed by atoms with Gasteiger partial charge in [-0.05, 0) is 71.9 Å². The number of carboxylic acid groups (broad SMARTS) is 1. The number of carbonyl (C=O) groups is 4. The summed E-state index contributed by atoms with van der Waals surface area (Å²) >= 11 is 0. The van der Waals surface area contributed by atoms with Gasteiger partial charge in [-0.1, -0.05) is 91.5 Å². The van der Waals surface area contributed by atoms with Gasteiger partial charge in [0.05, 0.1) is 30.6 Å². The van der Waals surface area contributed by atoms with Crippen molar-refractivity contribution in [2.75, 3.05) is 10.6 Å². The number of rotatable bonds is 8. The molecular weight excluding hydrogens is 873 g/mol. The molecule has 2 aliphatic carbocycles. The number of nitrogens with zero attached hydrogens (tertiary/aromatic N) is 8. The maximum Gasteiger partial charge on any atom is 0.353 e. The Balaban J connectivity index is 0.000000236. The lowest BCUT2D eigenvalue weighted by atomic mass is 9.87. The van der Waals surface area contributed by atoms with Crippen molar-refractivity contribution in [3.63, 3.8) is 0 Å².